The molecule has 0 saturated heterocycles. The van der Waals surface area contributed by atoms with E-state index in [9.17, 15) is 28.1 Å². The molecule has 10 nitrogen and oxygen atoms in total. The Morgan fingerprint density at radius 3 is 2.16 bits per heavy atom. The van der Waals surface area contributed by atoms with Gasteiger partial charge in [-0.05, 0) is 52.6 Å². The van der Waals surface area contributed by atoms with Crippen LogP contribution >= 0.6 is 11.6 Å². The lowest BCUT2D eigenvalue weighted by molar-refractivity contribution is -0.384. The first kappa shape index (κ1) is 34.1. The van der Waals surface area contributed by atoms with E-state index in [-0.39, 0.29) is 17.0 Å². The molecule has 0 aliphatic carbocycles. The quantitative estimate of drug-likeness (QED) is 0.110. The molecule has 0 spiro atoms. The first-order chi connectivity index (χ1) is 24.0. The van der Waals surface area contributed by atoms with Gasteiger partial charge in [0.2, 0.25) is 9.84 Å². The number of para-hydroxylation sites is 1. The van der Waals surface area contributed by atoms with Crippen molar-refractivity contribution in [3.8, 4) is 16.9 Å². The number of nitrogens with zero attached hydrogens (tertiary/aromatic N) is 2. The van der Waals surface area contributed by atoms with Gasteiger partial charge in [-0.15, -0.1) is 0 Å². The average molecular weight is 708 g/mol. The van der Waals surface area contributed by atoms with Gasteiger partial charge in [-0.25, -0.2) is 8.42 Å². The number of methoxy groups -OCH3 is 1. The lowest BCUT2D eigenvalue weighted by Crippen LogP contribution is -2.45. The number of carbonyl (C=O) groups is 2. The van der Waals surface area contributed by atoms with Crippen molar-refractivity contribution < 1.29 is 27.7 Å². The summed E-state index contributed by atoms with van der Waals surface area (Å²) in [6.07, 6.45) is 1.54. The zero-order valence-corrected chi connectivity index (χ0v) is 28.2. The molecule has 0 aliphatic rings. The van der Waals surface area contributed by atoms with E-state index in [4.69, 9.17) is 16.3 Å². The molecular formula is C38H30ClN3O7S. The van der Waals surface area contributed by atoms with Gasteiger partial charge in [-0.1, -0.05) is 96.5 Å². The third-order valence-electron chi connectivity index (χ3n) is 8.33. The molecule has 1 heterocycles. The molecule has 0 fully saturated rings. The van der Waals surface area contributed by atoms with Crippen LogP contribution in [0.5, 0.6) is 5.75 Å². The number of nitro groups is 1. The van der Waals surface area contributed by atoms with Crippen molar-refractivity contribution in [1.29, 1.82) is 0 Å². The number of nitrogens with one attached hydrogen (secondary N) is 1. The van der Waals surface area contributed by atoms with Crippen LogP contribution in [0.25, 0.3) is 22.0 Å². The van der Waals surface area contributed by atoms with Gasteiger partial charge in [0.25, 0.3) is 16.7 Å². The second-order valence-corrected chi connectivity index (χ2v) is 13.8. The number of hydrogen-bond acceptors (Lipinski definition) is 7. The van der Waals surface area contributed by atoms with Crippen LogP contribution in [-0.4, -0.2) is 42.1 Å². The van der Waals surface area contributed by atoms with Crippen LogP contribution in [0, 0.1) is 10.1 Å². The van der Waals surface area contributed by atoms with Crippen LogP contribution in [0.15, 0.2) is 132 Å². The number of halogens is 1. The molecule has 1 atom stereocenters. The molecule has 6 aromatic rings. The minimum absolute atomic E-state index is 0.139. The van der Waals surface area contributed by atoms with Crippen molar-refractivity contribution in [2.75, 3.05) is 7.11 Å². The predicted octanol–water partition coefficient (Wildman–Crippen LogP) is 7.27. The molecule has 6 rings (SSSR count). The van der Waals surface area contributed by atoms with Crippen LogP contribution in [0.1, 0.15) is 21.5 Å². The number of rotatable bonds is 11. The maximum atomic E-state index is 13.9. The first-order valence-corrected chi connectivity index (χ1v) is 17.3. The summed E-state index contributed by atoms with van der Waals surface area (Å²) in [5, 5.41) is 13.1. The number of sulfone groups is 1. The standard InChI is InChI=1S/C38H30ClN3O7S/c1-49-29-17-15-28(16-18-29)27-13-11-26(12-14-27)23-41-24-32(31-9-5-6-10-35(31)41)37(43)40-34(21-25-7-3-2-4-8-25)38(44)50(47,48)30-19-20-33(39)36(22-30)42(45)46/h2-20,22,24,34H,21,23H2,1H3,(H,40,43)/t34-/m0/s1. The Hall–Kier alpha value is -5.78. The minimum Gasteiger partial charge on any atom is -0.497 e. The number of hydrogen-bond donors (Lipinski definition) is 1. The third kappa shape index (κ3) is 7.14. The summed E-state index contributed by atoms with van der Waals surface area (Å²) in [4.78, 5) is 37.7. The Kier molecular flexibility index (Phi) is 9.80. The molecular weight excluding hydrogens is 678 g/mol. The number of benzene rings is 5. The van der Waals surface area contributed by atoms with E-state index in [1.807, 2.05) is 65.2 Å². The molecule has 0 unspecified atom stereocenters. The molecule has 0 aliphatic heterocycles. The smallest absolute Gasteiger partial charge is 0.289 e. The molecule has 1 N–H and O–H groups in total. The fourth-order valence-corrected chi connectivity index (χ4v) is 7.17. The van der Waals surface area contributed by atoms with E-state index in [1.165, 1.54) is 0 Å². The normalized spacial score (nSPS) is 12.0. The van der Waals surface area contributed by atoms with Crippen molar-refractivity contribution >= 4 is 49.1 Å². The number of ether oxygens (including phenoxy) is 1. The summed E-state index contributed by atoms with van der Waals surface area (Å²) in [6.45, 7) is 0.437. The number of fused-ring (bicyclic) bond motifs is 1. The van der Waals surface area contributed by atoms with Gasteiger partial charge >= 0.3 is 0 Å². The Morgan fingerprint density at radius 1 is 0.860 bits per heavy atom. The molecule has 50 heavy (non-hydrogen) atoms. The van der Waals surface area contributed by atoms with Crippen molar-refractivity contribution in [3.63, 3.8) is 0 Å². The van der Waals surface area contributed by atoms with Crippen LogP contribution in [-0.2, 0) is 27.6 Å². The summed E-state index contributed by atoms with van der Waals surface area (Å²) in [5.74, 6) is 0.122. The Balaban J connectivity index is 1.29. The first-order valence-electron chi connectivity index (χ1n) is 15.4. The van der Waals surface area contributed by atoms with Crippen molar-refractivity contribution in [2.24, 2.45) is 0 Å². The van der Waals surface area contributed by atoms with Crippen LogP contribution < -0.4 is 10.1 Å². The van der Waals surface area contributed by atoms with E-state index in [2.05, 4.69) is 5.32 Å². The maximum absolute atomic E-state index is 13.9. The summed E-state index contributed by atoms with van der Waals surface area (Å²) < 4.78 is 34.3. The highest BCUT2D eigenvalue weighted by molar-refractivity contribution is 8.06. The molecule has 5 aromatic carbocycles. The topological polar surface area (TPSA) is 138 Å². The van der Waals surface area contributed by atoms with Gasteiger partial charge in [0, 0.05) is 36.1 Å². The van der Waals surface area contributed by atoms with Gasteiger partial charge in [0.1, 0.15) is 16.8 Å². The van der Waals surface area contributed by atoms with Gasteiger partial charge in [-0.2, -0.15) is 0 Å². The van der Waals surface area contributed by atoms with Crippen LogP contribution in [0.3, 0.4) is 0 Å². The molecule has 12 heteroatoms. The van der Waals surface area contributed by atoms with E-state index in [0.29, 0.717) is 17.5 Å². The summed E-state index contributed by atoms with van der Waals surface area (Å²) >= 11 is 5.89. The monoisotopic (exact) mass is 707 g/mol. The maximum Gasteiger partial charge on any atom is 0.289 e. The summed E-state index contributed by atoms with van der Waals surface area (Å²) in [7, 11) is -3.17. The number of nitro benzene ring substituents is 1. The highest BCUT2D eigenvalue weighted by Gasteiger charge is 2.35. The Labute approximate surface area is 293 Å². The lowest BCUT2D eigenvalue weighted by atomic mass is 10.0. The highest BCUT2D eigenvalue weighted by Crippen LogP contribution is 2.29. The summed E-state index contributed by atoms with van der Waals surface area (Å²) in [5.41, 5.74) is 4.01. The molecule has 0 radical (unpaired) electrons. The predicted molar refractivity (Wildman–Crippen MR) is 191 cm³/mol. The second-order valence-electron chi connectivity index (χ2n) is 11.5. The van der Waals surface area contributed by atoms with Crippen molar-refractivity contribution in [3.05, 3.63) is 159 Å². The molecule has 0 bridgehead atoms. The van der Waals surface area contributed by atoms with E-state index < -0.39 is 42.4 Å². The largest absolute Gasteiger partial charge is 0.497 e. The third-order valence-corrected chi connectivity index (χ3v) is 10.3. The SMILES string of the molecule is COc1ccc(-c2ccc(Cn3cc(C(=O)N[C@@H](Cc4ccccc4)C(=O)S(=O)(=O)c4ccc(Cl)c([N+](=O)[O-])c4)c4ccccc43)cc2)cc1. The van der Waals surface area contributed by atoms with Crippen LogP contribution in [0.4, 0.5) is 5.69 Å². The summed E-state index contributed by atoms with van der Waals surface area (Å²) in [6, 6.07) is 33.1. The van der Waals surface area contributed by atoms with Crippen LogP contribution in [0.2, 0.25) is 5.02 Å². The molecule has 1 aromatic heterocycles. The highest BCUT2D eigenvalue weighted by atomic mass is 35.5. The Bertz CT molecular complexity index is 2320. The average Bonchev–Trinajstić information content (AvgIpc) is 3.50. The van der Waals surface area contributed by atoms with E-state index in [1.54, 1.807) is 55.8 Å². The van der Waals surface area contributed by atoms with Gasteiger partial charge in [0.15, 0.2) is 0 Å². The van der Waals surface area contributed by atoms with Crippen molar-refractivity contribution in [2.45, 2.75) is 23.9 Å². The minimum atomic E-state index is -4.79. The number of carbonyl (C=O) groups excluding carboxylic acids is 2. The molecule has 0 saturated carbocycles. The zero-order valence-electron chi connectivity index (χ0n) is 26.7. The second kappa shape index (κ2) is 14.4. The number of aromatic nitrogens is 1. The van der Waals surface area contributed by atoms with Gasteiger partial charge < -0.3 is 14.6 Å². The fraction of sp³-hybridized carbons (Fsp3) is 0.105. The Morgan fingerprint density at radius 2 is 1.50 bits per heavy atom. The number of amides is 1. The molecule has 252 valence electrons. The van der Waals surface area contributed by atoms with Gasteiger partial charge in [0.05, 0.1) is 22.5 Å². The van der Waals surface area contributed by atoms with E-state index in [0.717, 1.165) is 46.2 Å². The van der Waals surface area contributed by atoms with Crippen molar-refractivity contribution in [1.82, 2.24) is 9.88 Å². The van der Waals surface area contributed by atoms with E-state index >= 15 is 0 Å². The fourth-order valence-electron chi connectivity index (χ4n) is 5.72. The lowest BCUT2D eigenvalue weighted by Gasteiger charge is -2.18. The van der Waals surface area contributed by atoms with Gasteiger partial charge in [-0.3, -0.25) is 19.7 Å². The zero-order chi connectivity index (χ0) is 35.4. The molecule has 1 amide bonds.